The lowest BCUT2D eigenvalue weighted by Crippen LogP contribution is -2.37. The van der Waals surface area contributed by atoms with E-state index >= 15 is 0 Å². The largest absolute Gasteiger partial charge is 0.440 e. The van der Waals surface area contributed by atoms with Crippen LogP contribution in [0, 0.1) is 11.3 Å². The van der Waals surface area contributed by atoms with Crippen LogP contribution in [0.3, 0.4) is 0 Å². The summed E-state index contributed by atoms with van der Waals surface area (Å²) in [6.07, 6.45) is -2.08. The Morgan fingerprint density at radius 2 is 2.05 bits per heavy atom. The predicted octanol–water partition coefficient (Wildman–Crippen LogP) is 4.92. The zero-order chi connectivity index (χ0) is 29.7. The third kappa shape index (κ3) is 6.61. The molecule has 13 heteroatoms. The number of alkyl carbamates (subject to hydrolysis) is 1. The maximum absolute atomic E-state index is 14.0. The van der Waals surface area contributed by atoms with Gasteiger partial charge < -0.3 is 19.7 Å². The van der Waals surface area contributed by atoms with Crippen LogP contribution in [0.4, 0.5) is 18.0 Å². The van der Waals surface area contributed by atoms with Gasteiger partial charge in [0.05, 0.1) is 13.2 Å². The monoisotopic (exact) mass is 587 g/mol. The van der Waals surface area contributed by atoms with Crippen molar-refractivity contribution in [3.05, 3.63) is 75.3 Å². The Kier molecular flexibility index (Phi) is 9.14. The number of alkyl halides is 3. The van der Waals surface area contributed by atoms with Gasteiger partial charge in [-0.3, -0.25) is 9.48 Å². The number of nitriles is 1. The fraction of sp³-hybridized carbons (Fsp3) is 0.357. The highest BCUT2D eigenvalue weighted by Gasteiger charge is 2.39. The van der Waals surface area contributed by atoms with Crippen LogP contribution >= 0.6 is 11.3 Å². The molecule has 3 aromatic rings. The Morgan fingerprint density at radius 3 is 2.71 bits per heavy atom. The molecule has 216 valence electrons. The zero-order valence-corrected chi connectivity index (χ0v) is 23.4. The van der Waals surface area contributed by atoms with Crippen LogP contribution in [-0.4, -0.2) is 60.1 Å². The molecular formula is C28H28F3N5O4S. The van der Waals surface area contributed by atoms with Gasteiger partial charge in [-0.2, -0.15) is 23.5 Å². The highest BCUT2D eigenvalue weighted by Crippen LogP contribution is 2.44. The van der Waals surface area contributed by atoms with E-state index in [2.05, 4.69) is 16.5 Å². The number of methoxy groups -OCH3 is 1. The second-order valence-electron chi connectivity index (χ2n) is 9.21. The topological polar surface area (TPSA) is 109 Å². The number of hydrogen-bond acceptors (Lipinski definition) is 7. The molecule has 1 aliphatic heterocycles. The Hall–Kier alpha value is -4.15. The molecular weight excluding hydrogens is 559 g/mol. The number of fused-ring (bicyclic) bond motifs is 1. The van der Waals surface area contributed by atoms with Gasteiger partial charge in [0.25, 0.3) is 0 Å². The fourth-order valence-electron chi connectivity index (χ4n) is 4.73. The van der Waals surface area contributed by atoms with E-state index in [0.717, 1.165) is 10.4 Å². The molecule has 0 saturated carbocycles. The molecule has 2 atom stereocenters. The summed E-state index contributed by atoms with van der Waals surface area (Å²) in [6.45, 7) is 2.37. The molecule has 0 bridgehead atoms. The molecule has 0 fully saturated rings. The molecule has 1 aromatic carbocycles. The second kappa shape index (κ2) is 12.6. The van der Waals surface area contributed by atoms with Crippen molar-refractivity contribution in [1.82, 2.24) is 20.0 Å². The maximum atomic E-state index is 14.0. The minimum atomic E-state index is -4.67. The van der Waals surface area contributed by atoms with Crippen molar-refractivity contribution in [3.63, 3.8) is 0 Å². The molecule has 3 heterocycles. The van der Waals surface area contributed by atoms with E-state index in [1.54, 1.807) is 42.2 Å². The number of ether oxygens (including phenoxy) is 2. The van der Waals surface area contributed by atoms with Crippen molar-refractivity contribution >= 4 is 23.3 Å². The number of benzene rings is 1. The minimum Gasteiger partial charge on any atom is -0.440 e. The van der Waals surface area contributed by atoms with Crippen LogP contribution in [0.2, 0.25) is 0 Å². The van der Waals surface area contributed by atoms with E-state index in [-0.39, 0.29) is 37.7 Å². The highest BCUT2D eigenvalue weighted by atomic mass is 32.1. The average Bonchev–Trinajstić information content (AvgIpc) is 3.59. The van der Waals surface area contributed by atoms with Crippen LogP contribution in [0.25, 0.3) is 11.1 Å². The quantitative estimate of drug-likeness (QED) is 0.375. The summed E-state index contributed by atoms with van der Waals surface area (Å²) in [5.41, 5.74) is 0.693. The summed E-state index contributed by atoms with van der Waals surface area (Å²) in [6, 6.07) is 10.6. The maximum Gasteiger partial charge on any atom is 0.435 e. The summed E-state index contributed by atoms with van der Waals surface area (Å²) >= 11 is 1.24. The van der Waals surface area contributed by atoms with Gasteiger partial charge in [0.15, 0.2) is 5.69 Å². The van der Waals surface area contributed by atoms with Crippen molar-refractivity contribution in [2.75, 3.05) is 27.3 Å². The van der Waals surface area contributed by atoms with Gasteiger partial charge in [-0.1, -0.05) is 24.3 Å². The number of carbonyl (C=O) groups excluding carboxylic acids is 2. The van der Waals surface area contributed by atoms with E-state index in [9.17, 15) is 28.0 Å². The first kappa shape index (κ1) is 29.8. The third-order valence-corrected chi connectivity index (χ3v) is 7.64. The first-order chi connectivity index (χ1) is 19.6. The molecule has 41 heavy (non-hydrogen) atoms. The van der Waals surface area contributed by atoms with Crippen LogP contribution < -0.4 is 5.32 Å². The minimum absolute atomic E-state index is 0.0286. The van der Waals surface area contributed by atoms with Gasteiger partial charge >= 0.3 is 12.3 Å². The summed E-state index contributed by atoms with van der Waals surface area (Å²) in [4.78, 5) is 27.7. The molecule has 0 unspecified atom stereocenters. The number of nitrogens with zero attached hydrogens (tertiary/aromatic N) is 4. The lowest BCUT2D eigenvalue weighted by atomic mass is 9.83. The first-order valence-electron chi connectivity index (χ1n) is 12.7. The van der Waals surface area contributed by atoms with Gasteiger partial charge in [-0.15, -0.1) is 11.3 Å². The molecule has 1 aliphatic rings. The van der Waals surface area contributed by atoms with E-state index in [1.807, 2.05) is 0 Å². The van der Waals surface area contributed by atoms with Crippen molar-refractivity contribution in [2.45, 2.75) is 38.2 Å². The second-order valence-corrected chi connectivity index (χ2v) is 10.3. The molecule has 2 aromatic heterocycles. The van der Waals surface area contributed by atoms with Crippen LogP contribution in [-0.2, 0) is 33.5 Å². The number of aromatic nitrogens is 2. The van der Waals surface area contributed by atoms with Crippen LogP contribution in [0.5, 0.6) is 0 Å². The number of rotatable bonds is 8. The number of carbonyl (C=O) groups is 2. The number of amides is 2. The molecule has 0 aliphatic carbocycles. The fourth-order valence-corrected chi connectivity index (χ4v) is 5.76. The molecule has 2 amide bonds. The molecule has 0 spiro atoms. The van der Waals surface area contributed by atoms with E-state index in [1.165, 1.54) is 48.5 Å². The zero-order valence-electron chi connectivity index (χ0n) is 22.6. The summed E-state index contributed by atoms with van der Waals surface area (Å²) in [5, 5.41) is 15.7. The number of halogens is 3. The van der Waals surface area contributed by atoms with Gasteiger partial charge in [-0.25, -0.2) is 4.79 Å². The molecule has 1 N–H and O–H groups in total. The first-order valence-corrected chi connectivity index (χ1v) is 13.5. The third-order valence-electron chi connectivity index (χ3n) is 6.60. The Balaban J connectivity index is 1.74. The number of nitrogens with one attached hydrogen (secondary N) is 1. The highest BCUT2D eigenvalue weighted by molar-refractivity contribution is 7.12. The standard InChI is InChI=1S/C28H28F3N5O4S/c1-4-36-14-23(26(34-36)28(29,30)31)20-8-6-5-7-19(20)22-13-35(15-24-21(22)11-18(12-32)41-24)25(37)10-9-17(16-39-3)40-27(38)33-2/h5-11,14,17,22H,4,13,15-16H2,1-3H3,(H,33,38)/b10-9+/t17-,22+/m1/s1. The molecule has 4 rings (SSSR count). The Bertz CT molecular complexity index is 1490. The lowest BCUT2D eigenvalue weighted by molar-refractivity contribution is -0.141. The van der Waals surface area contributed by atoms with Crippen LogP contribution in [0.15, 0.2) is 48.7 Å². The van der Waals surface area contributed by atoms with Gasteiger partial charge in [-0.05, 0) is 35.8 Å². The molecule has 9 nitrogen and oxygen atoms in total. The van der Waals surface area contributed by atoms with E-state index in [0.29, 0.717) is 16.0 Å². The summed E-state index contributed by atoms with van der Waals surface area (Å²) in [5.74, 6) is -0.893. The van der Waals surface area contributed by atoms with Crippen molar-refractivity contribution in [1.29, 1.82) is 5.26 Å². The smallest absolute Gasteiger partial charge is 0.435 e. The van der Waals surface area contributed by atoms with Crippen LogP contribution in [0.1, 0.15) is 39.4 Å². The summed E-state index contributed by atoms with van der Waals surface area (Å²) in [7, 11) is 2.84. The Morgan fingerprint density at radius 1 is 1.29 bits per heavy atom. The predicted molar refractivity (Wildman–Crippen MR) is 145 cm³/mol. The van der Waals surface area contributed by atoms with Crippen molar-refractivity contribution in [3.8, 4) is 17.2 Å². The summed E-state index contributed by atoms with van der Waals surface area (Å²) < 4.78 is 53.5. The van der Waals surface area contributed by atoms with E-state index in [4.69, 9.17) is 9.47 Å². The Labute approximate surface area is 238 Å². The number of hydrogen-bond donors (Lipinski definition) is 1. The lowest BCUT2D eigenvalue weighted by Gasteiger charge is -2.33. The number of thiophene rings is 1. The van der Waals surface area contributed by atoms with Crippen molar-refractivity contribution in [2.24, 2.45) is 0 Å². The van der Waals surface area contributed by atoms with E-state index < -0.39 is 30.0 Å². The molecule has 0 saturated heterocycles. The average molecular weight is 588 g/mol. The molecule has 0 radical (unpaired) electrons. The number of aryl methyl sites for hydroxylation is 1. The van der Waals surface area contributed by atoms with Gasteiger partial charge in [0, 0.05) is 55.9 Å². The van der Waals surface area contributed by atoms with Gasteiger partial charge in [0.1, 0.15) is 17.1 Å². The van der Waals surface area contributed by atoms with Crippen molar-refractivity contribution < 1.29 is 32.2 Å². The van der Waals surface area contributed by atoms with Gasteiger partial charge in [0.2, 0.25) is 5.91 Å². The SMILES string of the molecule is CCn1cc(-c2ccccc2[C@@H]2CN(C(=O)/C=C/[C@H](COC)OC(=O)NC)Cc3sc(C#N)cc32)c(C(F)(F)F)n1. The normalized spacial score (nSPS) is 15.8.